The van der Waals surface area contributed by atoms with Gasteiger partial charge in [0.05, 0.1) is 20.8 Å². The molecule has 0 amide bonds. The summed E-state index contributed by atoms with van der Waals surface area (Å²) >= 11 is 0. The third kappa shape index (κ3) is 6.86. The topological polar surface area (TPSA) is 78.9 Å². The highest BCUT2D eigenvalue weighted by Crippen LogP contribution is 1.94. The molecule has 0 saturated carbocycles. The SMILES string of the molecule is [CH]C(=O)OB(OC([CH])=O)OC([CH])=O. The zero-order chi connectivity index (χ0) is 10.4. The van der Waals surface area contributed by atoms with Crippen molar-refractivity contribution in [2.75, 3.05) is 0 Å². The Labute approximate surface area is 75.3 Å². The van der Waals surface area contributed by atoms with Crippen LogP contribution in [0.4, 0.5) is 0 Å². The highest BCUT2D eigenvalue weighted by atomic mass is 16.8. The van der Waals surface area contributed by atoms with Crippen molar-refractivity contribution in [3.63, 3.8) is 0 Å². The van der Waals surface area contributed by atoms with Gasteiger partial charge in [-0.15, -0.1) is 0 Å². The number of carbonyl (C=O) groups is 3. The van der Waals surface area contributed by atoms with E-state index in [4.69, 9.17) is 0 Å². The fourth-order valence-corrected chi connectivity index (χ4v) is 0.357. The minimum Gasteiger partial charge on any atom is -0.462 e. The van der Waals surface area contributed by atoms with E-state index in [1.54, 1.807) is 0 Å². The summed E-state index contributed by atoms with van der Waals surface area (Å²) in [6.45, 7) is 13.6. The molecule has 13 heavy (non-hydrogen) atoms. The van der Waals surface area contributed by atoms with Crippen LogP contribution in [-0.4, -0.2) is 25.2 Å². The number of hydrogen-bond acceptors (Lipinski definition) is 6. The van der Waals surface area contributed by atoms with Crippen LogP contribution in [0.15, 0.2) is 0 Å². The van der Waals surface area contributed by atoms with Crippen LogP contribution in [0.1, 0.15) is 0 Å². The lowest BCUT2D eigenvalue weighted by Gasteiger charge is -2.08. The van der Waals surface area contributed by atoms with E-state index in [2.05, 4.69) is 34.7 Å². The monoisotopic (exact) mass is 182 g/mol. The van der Waals surface area contributed by atoms with Crippen molar-refractivity contribution < 1.29 is 28.3 Å². The predicted molar refractivity (Wildman–Crippen MR) is 36.9 cm³/mol. The zero-order valence-corrected chi connectivity index (χ0v) is 6.26. The summed E-state index contributed by atoms with van der Waals surface area (Å²) in [5.41, 5.74) is 0. The Bertz CT molecular complexity index is 187. The van der Waals surface area contributed by atoms with Gasteiger partial charge in [0.2, 0.25) is 0 Å². The standard InChI is InChI=1S/C6H3BO6/c1-4(8)11-7(12-5(2)9)13-6(3)10/h1-3H. The van der Waals surface area contributed by atoms with Crippen LogP contribution in [-0.2, 0) is 28.3 Å². The summed E-state index contributed by atoms with van der Waals surface area (Å²) in [7, 11) is -1.97. The van der Waals surface area contributed by atoms with E-state index in [0.717, 1.165) is 0 Å². The summed E-state index contributed by atoms with van der Waals surface area (Å²) in [6, 6.07) is 0. The van der Waals surface area contributed by atoms with Crippen LogP contribution in [0.5, 0.6) is 0 Å². The Morgan fingerprint density at radius 3 is 1.15 bits per heavy atom. The third-order valence-corrected chi connectivity index (χ3v) is 0.637. The molecular formula is C6H3BO6. The van der Waals surface area contributed by atoms with Gasteiger partial charge in [0, 0.05) is 0 Å². The normalized spacial score (nSPS) is 8.54. The quantitative estimate of drug-likeness (QED) is 0.506. The second-order valence-corrected chi connectivity index (χ2v) is 1.60. The molecule has 0 aliphatic heterocycles. The van der Waals surface area contributed by atoms with Gasteiger partial charge in [-0.25, -0.2) is 0 Å². The summed E-state index contributed by atoms with van der Waals surface area (Å²) < 4.78 is 11.9. The molecule has 0 bridgehead atoms. The van der Waals surface area contributed by atoms with Gasteiger partial charge in [0.1, 0.15) is 0 Å². The molecule has 0 fully saturated rings. The molecule has 0 aromatic heterocycles. The van der Waals surface area contributed by atoms with Crippen molar-refractivity contribution in [3.05, 3.63) is 20.8 Å². The summed E-state index contributed by atoms with van der Waals surface area (Å²) in [5.74, 6) is -3.98. The first-order chi connectivity index (χ1) is 5.91. The Kier molecular flexibility index (Phi) is 4.57. The van der Waals surface area contributed by atoms with E-state index in [1.165, 1.54) is 0 Å². The van der Waals surface area contributed by atoms with Crippen LogP contribution in [0.2, 0.25) is 0 Å². The van der Waals surface area contributed by atoms with Crippen molar-refractivity contribution >= 4 is 25.2 Å². The van der Waals surface area contributed by atoms with Gasteiger partial charge in [-0.2, -0.15) is 0 Å². The second-order valence-electron chi connectivity index (χ2n) is 1.60. The molecule has 0 aromatic rings. The number of carbonyl (C=O) groups excluding carboxylic acids is 3. The van der Waals surface area contributed by atoms with Crippen LogP contribution < -0.4 is 0 Å². The molecule has 0 unspecified atom stereocenters. The molecule has 0 atom stereocenters. The Balaban J connectivity index is 4.10. The van der Waals surface area contributed by atoms with Gasteiger partial charge in [-0.05, 0) is 0 Å². The first-order valence-corrected chi connectivity index (χ1v) is 2.80. The lowest BCUT2D eigenvalue weighted by Crippen LogP contribution is -2.32. The van der Waals surface area contributed by atoms with Crippen LogP contribution in [0, 0.1) is 20.8 Å². The van der Waals surface area contributed by atoms with Crippen LogP contribution >= 0.6 is 0 Å². The highest BCUT2D eigenvalue weighted by molar-refractivity contribution is 6.44. The van der Waals surface area contributed by atoms with E-state index in [9.17, 15) is 14.4 Å². The van der Waals surface area contributed by atoms with Gasteiger partial charge < -0.3 is 14.0 Å². The maximum atomic E-state index is 10.1. The fourth-order valence-electron chi connectivity index (χ4n) is 0.357. The van der Waals surface area contributed by atoms with Gasteiger partial charge in [0.25, 0.3) is 17.9 Å². The third-order valence-electron chi connectivity index (χ3n) is 0.637. The van der Waals surface area contributed by atoms with Gasteiger partial charge in [0.15, 0.2) is 0 Å². The molecule has 0 heterocycles. The van der Waals surface area contributed by atoms with E-state index >= 15 is 0 Å². The van der Waals surface area contributed by atoms with E-state index in [1.807, 2.05) is 0 Å². The van der Waals surface area contributed by atoms with Crippen molar-refractivity contribution in [1.82, 2.24) is 0 Å². The average Bonchev–Trinajstić information content (AvgIpc) is 1.80. The molecule has 66 valence electrons. The maximum absolute atomic E-state index is 10.1. The Morgan fingerprint density at radius 2 is 1.00 bits per heavy atom. The lowest BCUT2D eigenvalue weighted by atomic mass is 10.2. The molecule has 0 rings (SSSR count). The Morgan fingerprint density at radius 1 is 0.769 bits per heavy atom. The van der Waals surface area contributed by atoms with Gasteiger partial charge >= 0.3 is 7.32 Å². The molecule has 0 aliphatic carbocycles. The van der Waals surface area contributed by atoms with Crippen molar-refractivity contribution in [2.24, 2.45) is 0 Å². The largest absolute Gasteiger partial charge is 0.870 e. The number of hydrogen-bond donors (Lipinski definition) is 0. The molecule has 7 heteroatoms. The summed E-state index contributed by atoms with van der Waals surface area (Å²) in [6.07, 6.45) is 0. The minimum absolute atomic E-state index is 1.33. The van der Waals surface area contributed by atoms with Crippen molar-refractivity contribution in [3.8, 4) is 0 Å². The smallest absolute Gasteiger partial charge is 0.462 e. The van der Waals surface area contributed by atoms with Gasteiger partial charge in [-0.3, -0.25) is 14.4 Å². The van der Waals surface area contributed by atoms with Crippen LogP contribution in [0.25, 0.3) is 0 Å². The maximum Gasteiger partial charge on any atom is 0.870 e. The van der Waals surface area contributed by atoms with E-state index < -0.39 is 25.2 Å². The predicted octanol–water partition coefficient (Wildman–Crippen LogP) is -1.27. The Hall–Kier alpha value is -1.53. The van der Waals surface area contributed by atoms with Crippen LogP contribution in [0.3, 0.4) is 0 Å². The zero-order valence-electron chi connectivity index (χ0n) is 6.26. The number of rotatable bonds is 3. The average molecular weight is 182 g/mol. The second kappa shape index (κ2) is 5.18. The molecule has 6 nitrogen and oxygen atoms in total. The molecule has 0 saturated heterocycles. The molecule has 0 aliphatic rings. The summed E-state index contributed by atoms with van der Waals surface area (Å²) in [4.78, 5) is 30.3. The first kappa shape index (κ1) is 11.5. The molecule has 0 aromatic carbocycles. The molecule has 0 spiro atoms. The first-order valence-electron chi connectivity index (χ1n) is 2.80. The van der Waals surface area contributed by atoms with Crippen molar-refractivity contribution in [2.45, 2.75) is 0 Å². The van der Waals surface area contributed by atoms with E-state index in [0.29, 0.717) is 0 Å². The summed E-state index contributed by atoms with van der Waals surface area (Å²) in [5, 5.41) is 0. The van der Waals surface area contributed by atoms with E-state index in [-0.39, 0.29) is 0 Å². The van der Waals surface area contributed by atoms with Crippen molar-refractivity contribution in [1.29, 1.82) is 0 Å². The fraction of sp³-hybridized carbons (Fsp3) is 0. The molecule has 6 radical (unpaired) electrons. The molecule has 0 N–H and O–H groups in total. The highest BCUT2D eigenvalue weighted by Gasteiger charge is 2.33. The molecular weight excluding hydrogens is 179 g/mol. The lowest BCUT2D eigenvalue weighted by molar-refractivity contribution is -0.141. The van der Waals surface area contributed by atoms with Gasteiger partial charge in [-0.1, -0.05) is 0 Å². The minimum atomic E-state index is -1.97.